The van der Waals surface area contributed by atoms with Crippen LogP contribution >= 0.6 is 34.8 Å². The Morgan fingerprint density at radius 1 is 1.17 bits per heavy atom. The van der Waals surface area contributed by atoms with E-state index in [4.69, 9.17) is 12.2 Å². The van der Waals surface area contributed by atoms with Gasteiger partial charge in [-0.25, -0.2) is 4.57 Å². The van der Waals surface area contributed by atoms with Crippen LogP contribution in [0.15, 0.2) is 47.3 Å². The van der Waals surface area contributed by atoms with Gasteiger partial charge in [0, 0.05) is 3.57 Å². The van der Waals surface area contributed by atoms with Crippen LogP contribution in [0.2, 0.25) is 0 Å². The first-order chi connectivity index (χ1) is 11.3. The molecule has 24 heavy (non-hydrogen) atoms. The first-order valence-corrected chi connectivity index (χ1v) is 8.05. The number of hydrogen-bond acceptors (Lipinski definition) is 3. The molecule has 0 aliphatic carbocycles. The van der Waals surface area contributed by atoms with Gasteiger partial charge < -0.3 is 9.72 Å². The molecule has 0 fully saturated rings. The van der Waals surface area contributed by atoms with Gasteiger partial charge >= 0.3 is 6.36 Å². The first-order valence-electron chi connectivity index (χ1n) is 6.56. The van der Waals surface area contributed by atoms with E-state index in [9.17, 15) is 18.0 Å². The van der Waals surface area contributed by atoms with Crippen LogP contribution in [0, 0.1) is 8.34 Å². The molecular formula is C15H8F3IN2O2S. The zero-order valence-corrected chi connectivity index (χ0v) is 14.7. The zero-order valence-electron chi connectivity index (χ0n) is 11.7. The Morgan fingerprint density at radius 3 is 2.58 bits per heavy atom. The minimum absolute atomic E-state index is 0.0214. The number of benzene rings is 2. The Morgan fingerprint density at radius 2 is 1.88 bits per heavy atom. The van der Waals surface area contributed by atoms with Crippen LogP contribution in [0.5, 0.6) is 5.75 Å². The lowest BCUT2D eigenvalue weighted by Gasteiger charge is -2.15. The molecule has 0 radical (unpaired) electrons. The summed E-state index contributed by atoms with van der Waals surface area (Å²) in [7, 11) is 0. The van der Waals surface area contributed by atoms with Crippen molar-refractivity contribution in [1.29, 1.82) is 0 Å². The number of fused-ring (bicyclic) bond motifs is 1. The van der Waals surface area contributed by atoms with Crippen LogP contribution in [0.4, 0.5) is 13.2 Å². The molecule has 0 aliphatic heterocycles. The molecule has 124 valence electrons. The van der Waals surface area contributed by atoms with Crippen molar-refractivity contribution < 1.29 is 17.9 Å². The summed E-state index contributed by atoms with van der Waals surface area (Å²) in [4.78, 5) is 15.6. The molecule has 0 amide bonds. The summed E-state index contributed by atoms with van der Waals surface area (Å²) in [6.45, 7) is 0. The Hall–Kier alpha value is -1.88. The van der Waals surface area contributed by atoms with Gasteiger partial charge in [0.05, 0.1) is 16.6 Å². The van der Waals surface area contributed by atoms with Gasteiger partial charge in [0.25, 0.3) is 5.56 Å². The zero-order chi connectivity index (χ0) is 17.5. The molecule has 1 N–H and O–H groups in total. The lowest BCUT2D eigenvalue weighted by molar-refractivity contribution is -0.274. The molecule has 0 atom stereocenters. The van der Waals surface area contributed by atoms with E-state index in [1.54, 1.807) is 18.2 Å². The highest BCUT2D eigenvalue weighted by molar-refractivity contribution is 14.1. The molecule has 0 unspecified atom stereocenters. The van der Waals surface area contributed by atoms with Crippen LogP contribution in [0.25, 0.3) is 16.6 Å². The van der Waals surface area contributed by atoms with E-state index < -0.39 is 17.7 Å². The second-order valence-electron chi connectivity index (χ2n) is 4.78. The second-order valence-corrected chi connectivity index (χ2v) is 6.41. The quantitative estimate of drug-likeness (QED) is 0.447. The smallest absolute Gasteiger partial charge is 0.404 e. The minimum Gasteiger partial charge on any atom is -0.404 e. The summed E-state index contributed by atoms with van der Waals surface area (Å²) < 4.78 is 43.6. The number of halogens is 4. The molecule has 0 aliphatic rings. The van der Waals surface area contributed by atoms with Crippen molar-refractivity contribution in [3.8, 4) is 11.4 Å². The van der Waals surface area contributed by atoms with Gasteiger partial charge in [-0.3, -0.25) is 4.79 Å². The molecule has 0 saturated carbocycles. The number of aromatic nitrogens is 2. The monoisotopic (exact) mass is 464 g/mol. The average Bonchev–Trinajstić information content (AvgIpc) is 2.48. The van der Waals surface area contributed by atoms with Gasteiger partial charge in [0.1, 0.15) is 0 Å². The summed E-state index contributed by atoms with van der Waals surface area (Å²) in [5.41, 5.74) is -0.0942. The van der Waals surface area contributed by atoms with Crippen LogP contribution in [-0.4, -0.2) is 15.9 Å². The number of nitrogens with one attached hydrogen (secondary N) is 1. The molecule has 0 spiro atoms. The Bertz CT molecular complexity index is 1040. The lowest BCUT2D eigenvalue weighted by atomic mass is 10.2. The number of para-hydroxylation sites is 2. The maximum atomic E-state index is 12.8. The van der Waals surface area contributed by atoms with Crippen molar-refractivity contribution in [3.63, 3.8) is 0 Å². The number of alkyl halides is 3. The molecule has 3 rings (SSSR count). The molecule has 1 aromatic heterocycles. The lowest BCUT2D eigenvalue weighted by Crippen LogP contribution is -2.23. The van der Waals surface area contributed by atoms with Gasteiger partial charge in [0.15, 0.2) is 10.5 Å². The van der Waals surface area contributed by atoms with Crippen LogP contribution in [0.1, 0.15) is 0 Å². The minimum atomic E-state index is -4.88. The number of ether oxygens (including phenoxy) is 1. The van der Waals surface area contributed by atoms with E-state index >= 15 is 0 Å². The third-order valence-electron chi connectivity index (χ3n) is 3.19. The van der Waals surface area contributed by atoms with Gasteiger partial charge in [-0.2, -0.15) is 0 Å². The predicted molar refractivity (Wildman–Crippen MR) is 94.1 cm³/mol. The van der Waals surface area contributed by atoms with Gasteiger partial charge in [0.2, 0.25) is 0 Å². The predicted octanol–water partition coefficient (Wildman–Crippen LogP) is 4.55. The van der Waals surface area contributed by atoms with Crippen molar-refractivity contribution >= 4 is 45.7 Å². The summed E-state index contributed by atoms with van der Waals surface area (Å²) in [6, 6.07) is 10.5. The molecule has 4 nitrogen and oxygen atoms in total. The summed E-state index contributed by atoms with van der Waals surface area (Å²) in [5, 5.41) is 0.317. The first kappa shape index (κ1) is 17.0. The second kappa shape index (κ2) is 6.20. The molecule has 9 heteroatoms. The molecular weight excluding hydrogens is 456 g/mol. The van der Waals surface area contributed by atoms with E-state index in [2.05, 4.69) is 9.72 Å². The Balaban J connectivity index is 2.32. The maximum Gasteiger partial charge on any atom is 0.573 e. The highest BCUT2D eigenvalue weighted by atomic mass is 127. The number of nitrogens with zero attached hydrogens (tertiary/aromatic N) is 1. The number of hydrogen-bond donors (Lipinski definition) is 1. The standard InChI is InChI=1S/C15H8F3IN2O2S/c16-15(17,18)23-12-4-2-1-3-11(12)21-13(22)9-7-8(19)5-6-10(9)20-14(21)24/h1-7H,(H,20,24). The molecule has 2 aromatic carbocycles. The third-order valence-corrected chi connectivity index (χ3v) is 4.15. The summed E-state index contributed by atoms with van der Waals surface area (Å²) in [5.74, 6) is -0.503. The highest BCUT2D eigenvalue weighted by Gasteiger charge is 2.32. The van der Waals surface area contributed by atoms with Gasteiger partial charge in [-0.15, -0.1) is 13.2 Å². The van der Waals surface area contributed by atoms with Gasteiger partial charge in [-0.05, 0) is 65.1 Å². The fraction of sp³-hybridized carbons (Fsp3) is 0.0667. The van der Waals surface area contributed by atoms with E-state index in [1.807, 2.05) is 22.6 Å². The van der Waals surface area contributed by atoms with Gasteiger partial charge in [-0.1, -0.05) is 12.1 Å². The van der Waals surface area contributed by atoms with Crippen molar-refractivity contribution in [2.24, 2.45) is 0 Å². The fourth-order valence-corrected chi connectivity index (χ4v) is 3.04. The van der Waals surface area contributed by atoms with Crippen LogP contribution in [-0.2, 0) is 0 Å². The van der Waals surface area contributed by atoms with Crippen molar-refractivity contribution in [2.75, 3.05) is 0 Å². The molecule has 1 heterocycles. The number of rotatable bonds is 2. The summed E-state index contributed by atoms with van der Waals surface area (Å²) >= 11 is 7.19. The summed E-state index contributed by atoms with van der Waals surface area (Å²) in [6.07, 6.45) is -4.88. The van der Waals surface area contributed by atoms with Crippen LogP contribution < -0.4 is 10.3 Å². The number of H-pyrrole nitrogens is 1. The van der Waals surface area contributed by atoms with E-state index in [0.29, 0.717) is 10.9 Å². The maximum absolute atomic E-state index is 12.8. The SMILES string of the molecule is O=c1c2cc(I)ccc2[nH]c(=S)n1-c1ccccc1OC(F)(F)F. The van der Waals surface area contributed by atoms with Crippen molar-refractivity contribution in [2.45, 2.75) is 6.36 Å². The van der Waals surface area contributed by atoms with E-state index in [1.165, 1.54) is 18.2 Å². The molecule has 3 aromatic rings. The molecule has 0 saturated heterocycles. The normalized spacial score (nSPS) is 11.7. The Kier molecular flexibility index (Phi) is 4.38. The molecule has 0 bridgehead atoms. The third kappa shape index (κ3) is 3.31. The largest absolute Gasteiger partial charge is 0.573 e. The van der Waals surface area contributed by atoms with E-state index in [0.717, 1.165) is 14.2 Å². The van der Waals surface area contributed by atoms with Crippen molar-refractivity contribution in [1.82, 2.24) is 9.55 Å². The van der Waals surface area contributed by atoms with Crippen molar-refractivity contribution in [3.05, 3.63) is 61.2 Å². The highest BCUT2D eigenvalue weighted by Crippen LogP contribution is 2.28. The Labute approximate surface area is 152 Å². The fourth-order valence-electron chi connectivity index (χ4n) is 2.26. The van der Waals surface area contributed by atoms with E-state index in [-0.39, 0.29) is 10.5 Å². The van der Waals surface area contributed by atoms with Crippen LogP contribution in [0.3, 0.4) is 0 Å². The number of aromatic amines is 1. The topological polar surface area (TPSA) is 47.0 Å². The average molecular weight is 464 g/mol.